The van der Waals surface area contributed by atoms with Gasteiger partial charge < -0.3 is 20.5 Å². The Morgan fingerprint density at radius 1 is 1.30 bits per heavy atom. The predicted molar refractivity (Wildman–Crippen MR) is 116 cm³/mol. The van der Waals surface area contributed by atoms with E-state index in [4.69, 9.17) is 4.74 Å². The van der Waals surface area contributed by atoms with Crippen LogP contribution in [0.2, 0.25) is 0 Å². The molecule has 2 aliphatic rings. The lowest BCUT2D eigenvalue weighted by Gasteiger charge is -2.25. The number of nitrogens with one attached hydrogen (secondary N) is 2. The van der Waals surface area contributed by atoms with E-state index in [1.807, 2.05) is 33.0 Å². The molecule has 0 aliphatic carbocycles. The number of rotatable bonds is 4. The lowest BCUT2D eigenvalue weighted by Crippen LogP contribution is -2.37. The van der Waals surface area contributed by atoms with Gasteiger partial charge in [-0.05, 0) is 32.5 Å². The van der Waals surface area contributed by atoms with E-state index in [0.29, 0.717) is 54.8 Å². The zero-order valence-corrected chi connectivity index (χ0v) is 17.8. The maximum absolute atomic E-state index is 15.8. The topological polar surface area (TPSA) is 82.5 Å². The molecule has 2 aliphatic heterocycles. The number of likely N-dealkylation sites (N-methyl/N-ethyl adjacent to an activating group) is 1. The largest absolute Gasteiger partial charge is 0.492 e. The smallest absolute Gasteiger partial charge is 0.229 e. The first-order chi connectivity index (χ1) is 14.4. The van der Waals surface area contributed by atoms with Crippen LogP contribution < -0.4 is 15.4 Å². The molecule has 3 heterocycles. The number of aromatic nitrogens is 2. The van der Waals surface area contributed by atoms with Crippen LogP contribution in [0.3, 0.4) is 0 Å². The molecular formula is C22H28FN5O2. The number of hydrogen-bond acceptors (Lipinski definition) is 7. The summed E-state index contributed by atoms with van der Waals surface area (Å²) in [6, 6.07) is 3.57. The first kappa shape index (κ1) is 20.6. The van der Waals surface area contributed by atoms with Gasteiger partial charge in [0, 0.05) is 49.8 Å². The fourth-order valence-corrected chi connectivity index (χ4v) is 3.96. The Morgan fingerprint density at radius 3 is 2.87 bits per heavy atom. The fraction of sp³-hybridized carbons (Fsp3) is 0.455. The lowest BCUT2D eigenvalue weighted by atomic mass is 9.94. The van der Waals surface area contributed by atoms with Crippen molar-refractivity contribution >= 4 is 23.0 Å². The van der Waals surface area contributed by atoms with E-state index in [9.17, 15) is 5.11 Å². The molecule has 0 amide bonds. The van der Waals surface area contributed by atoms with Gasteiger partial charge in [0.05, 0.1) is 24.0 Å². The van der Waals surface area contributed by atoms with E-state index >= 15 is 4.39 Å². The summed E-state index contributed by atoms with van der Waals surface area (Å²) in [6.45, 7) is 4.99. The Bertz CT molecular complexity index is 994. The van der Waals surface area contributed by atoms with Crippen LogP contribution in [0.15, 0.2) is 18.2 Å². The molecule has 8 heteroatoms. The van der Waals surface area contributed by atoms with Crippen LogP contribution in [0.1, 0.15) is 30.2 Å². The third-order valence-electron chi connectivity index (χ3n) is 5.90. The second-order valence-electron chi connectivity index (χ2n) is 7.97. The minimum absolute atomic E-state index is 0.0160. The molecule has 2 atom stereocenters. The second kappa shape index (κ2) is 8.20. The number of aliphatic hydroxyl groups excluding tert-OH is 1. The molecule has 0 saturated heterocycles. The van der Waals surface area contributed by atoms with Gasteiger partial charge in [0.15, 0.2) is 5.82 Å². The van der Waals surface area contributed by atoms with E-state index < -0.39 is 11.9 Å². The molecule has 2 aromatic rings. The Balaban J connectivity index is 1.77. The van der Waals surface area contributed by atoms with Crippen LogP contribution >= 0.6 is 0 Å². The number of aryl methyl sites for hydroxylation is 1. The predicted octanol–water partition coefficient (Wildman–Crippen LogP) is 3.11. The van der Waals surface area contributed by atoms with Gasteiger partial charge >= 0.3 is 0 Å². The van der Waals surface area contributed by atoms with Gasteiger partial charge in [0.2, 0.25) is 5.95 Å². The van der Waals surface area contributed by atoms with Gasteiger partial charge in [-0.15, -0.1) is 0 Å². The van der Waals surface area contributed by atoms with Crippen molar-refractivity contribution in [3.8, 4) is 5.75 Å². The third-order valence-corrected chi connectivity index (χ3v) is 5.90. The summed E-state index contributed by atoms with van der Waals surface area (Å²) in [4.78, 5) is 10.8. The highest BCUT2D eigenvalue weighted by atomic mass is 19.1. The highest BCUT2D eigenvalue weighted by Crippen LogP contribution is 2.42. The Hall–Kier alpha value is -2.71. The molecule has 0 unspecified atom stereocenters. The highest BCUT2D eigenvalue weighted by molar-refractivity contribution is 5.78. The average Bonchev–Trinajstić information content (AvgIpc) is 3.13. The van der Waals surface area contributed by atoms with E-state index in [1.54, 1.807) is 13.1 Å². The Morgan fingerprint density at radius 2 is 2.10 bits per heavy atom. The molecule has 160 valence electrons. The van der Waals surface area contributed by atoms with Gasteiger partial charge in [-0.3, -0.25) is 4.90 Å². The van der Waals surface area contributed by atoms with Gasteiger partial charge in [0.25, 0.3) is 0 Å². The van der Waals surface area contributed by atoms with Crippen molar-refractivity contribution in [2.75, 3.05) is 37.9 Å². The number of fused-ring (bicyclic) bond motifs is 1. The summed E-state index contributed by atoms with van der Waals surface area (Å²) in [7, 11) is 3.73. The quantitative estimate of drug-likeness (QED) is 0.710. The molecule has 0 fully saturated rings. The zero-order valence-electron chi connectivity index (χ0n) is 17.8. The third kappa shape index (κ3) is 3.85. The van der Waals surface area contributed by atoms with Crippen LogP contribution in [0.4, 0.5) is 21.8 Å². The van der Waals surface area contributed by atoms with Crippen molar-refractivity contribution in [1.29, 1.82) is 0 Å². The standard InChI is InChI=1S/C22H28FN5O2/c1-12-9-18(24-3)27-22(25-12)26-16-10-15-6-8-30-21(15)19(20(16)23)14-5-7-28(4)13(2)17(29)11-14/h5,9-10,13,17,29H,6-8,11H2,1-4H3,(H2,24,25,26,27)/t13-,17+/m1/s1. The average molecular weight is 413 g/mol. The van der Waals surface area contributed by atoms with E-state index in [2.05, 4.69) is 25.5 Å². The van der Waals surface area contributed by atoms with Crippen molar-refractivity contribution in [2.24, 2.45) is 0 Å². The minimum Gasteiger partial charge on any atom is -0.492 e. The van der Waals surface area contributed by atoms with Crippen molar-refractivity contribution in [2.45, 2.75) is 38.8 Å². The van der Waals surface area contributed by atoms with Crippen molar-refractivity contribution in [1.82, 2.24) is 14.9 Å². The molecule has 0 radical (unpaired) electrons. The first-order valence-corrected chi connectivity index (χ1v) is 10.2. The molecular weight excluding hydrogens is 385 g/mol. The summed E-state index contributed by atoms with van der Waals surface area (Å²) in [5.74, 6) is 1.14. The monoisotopic (exact) mass is 413 g/mol. The number of hydrogen-bond donors (Lipinski definition) is 3. The van der Waals surface area contributed by atoms with Gasteiger partial charge in [0.1, 0.15) is 11.6 Å². The number of aliphatic hydroxyl groups is 1. The fourth-order valence-electron chi connectivity index (χ4n) is 3.96. The Labute approximate surface area is 176 Å². The first-order valence-electron chi connectivity index (χ1n) is 10.2. The molecule has 7 nitrogen and oxygen atoms in total. The van der Waals surface area contributed by atoms with E-state index in [-0.39, 0.29) is 6.04 Å². The van der Waals surface area contributed by atoms with Crippen LogP contribution in [-0.2, 0) is 6.42 Å². The van der Waals surface area contributed by atoms with Gasteiger partial charge in [-0.2, -0.15) is 4.98 Å². The normalized spacial score (nSPS) is 21.5. The van der Waals surface area contributed by atoms with Crippen molar-refractivity contribution in [3.05, 3.63) is 40.8 Å². The van der Waals surface area contributed by atoms with Crippen molar-refractivity contribution in [3.63, 3.8) is 0 Å². The van der Waals surface area contributed by atoms with E-state index in [0.717, 1.165) is 16.8 Å². The number of anilines is 3. The zero-order chi connectivity index (χ0) is 21.4. The molecule has 30 heavy (non-hydrogen) atoms. The Kier molecular flexibility index (Phi) is 5.62. The molecule has 1 aromatic heterocycles. The lowest BCUT2D eigenvalue weighted by molar-refractivity contribution is 0.0866. The summed E-state index contributed by atoms with van der Waals surface area (Å²) < 4.78 is 21.6. The number of benzene rings is 1. The summed E-state index contributed by atoms with van der Waals surface area (Å²) >= 11 is 0. The van der Waals surface area contributed by atoms with Crippen LogP contribution in [0.25, 0.3) is 5.57 Å². The minimum atomic E-state index is -0.588. The molecule has 4 rings (SSSR count). The van der Waals surface area contributed by atoms with Crippen LogP contribution in [0.5, 0.6) is 5.75 Å². The van der Waals surface area contributed by atoms with Gasteiger partial charge in [-0.1, -0.05) is 6.08 Å². The second-order valence-corrected chi connectivity index (χ2v) is 7.97. The molecule has 0 bridgehead atoms. The number of nitrogens with zero attached hydrogens (tertiary/aromatic N) is 3. The molecule has 0 saturated carbocycles. The molecule has 1 aromatic carbocycles. The SMILES string of the molecule is CNc1cc(C)nc(Nc2cc3c(c(C4=CCN(C)[C@H](C)[C@@H](O)C4)c2F)OCC3)n1. The molecule has 0 spiro atoms. The number of halogens is 1. The summed E-state index contributed by atoms with van der Waals surface area (Å²) in [5.41, 5.74) is 3.21. The maximum atomic E-state index is 15.8. The van der Waals surface area contributed by atoms with Crippen LogP contribution in [-0.4, -0.2) is 59.4 Å². The summed E-state index contributed by atoms with van der Waals surface area (Å²) in [6.07, 6.45) is 2.47. The van der Waals surface area contributed by atoms with Gasteiger partial charge in [-0.25, -0.2) is 9.37 Å². The maximum Gasteiger partial charge on any atom is 0.229 e. The van der Waals surface area contributed by atoms with E-state index in [1.165, 1.54) is 0 Å². The number of ether oxygens (including phenoxy) is 1. The highest BCUT2D eigenvalue weighted by Gasteiger charge is 2.30. The van der Waals surface area contributed by atoms with Crippen molar-refractivity contribution < 1.29 is 14.2 Å². The van der Waals surface area contributed by atoms with Crippen LogP contribution in [0, 0.1) is 12.7 Å². The summed E-state index contributed by atoms with van der Waals surface area (Å²) in [5, 5.41) is 16.6. The molecule has 3 N–H and O–H groups in total.